The number of ether oxygens (including phenoxy) is 2. The Morgan fingerprint density at radius 3 is 2.47 bits per heavy atom. The van der Waals surface area contributed by atoms with Crippen molar-refractivity contribution in [3.63, 3.8) is 0 Å². The third-order valence-electron chi connectivity index (χ3n) is 2.58. The molecule has 0 heterocycles. The Hall–Kier alpha value is -1.16. The molecule has 0 bridgehead atoms. The van der Waals surface area contributed by atoms with Crippen molar-refractivity contribution in [1.82, 2.24) is 0 Å². The van der Waals surface area contributed by atoms with Gasteiger partial charge in [-0.2, -0.15) is 0 Å². The molecule has 0 saturated heterocycles. The van der Waals surface area contributed by atoms with Crippen LogP contribution in [0.3, 0.4) is 0 Å². The van der Waals surface area contributed by atoms with Gasteiger partial charge in [0.15, 0.2) is 0 Å². The zero-order valence-corrected chi connectivity index (χ0v) is 12.5. The molecule has 0 unspecified atom stereocenters. The second kappa shape index (κ2) is 9.73. The maximum Gasteiger partial charge on any atom is 0.305 e. The maximum absolute atomic E-state index is 11.1. The van der Waals surface area contributed by atoms with Gasteiger partial charge >= 0.3 is 5.97 Å². The van der Waals surface area contributed by atoms with Gasteiger partial charge in [-0.3, -0.25) is 4.79 Å². The van der Waals surface area contributed by atoms with Gasteiger partial charge in [0.25, 0.3) is 0 Å². The number of unbranched alkanes of at least 4 members (excludes halogenated alkanes) is 1. The summed E-state index contributed by atoms with van der Waals surface area (Å²) in [7, 11) is 0. The van der Waals surface area contributed by atoms with Gasteiger partial charge in [-0.1, -0.05) is 6.92 Å². The van der Waals surface area contributed by atoms with Gasteiger partial charge in [0.2, 0.25) is 0 Å². The van der Waals surface area contributed by atoms with Crippen molar-refractivity contribution in [3.05, 3.63) is 24.3 Å². The van der Waals surface area contributed by atoms with Gasteiger partial charge in [-0.05, 0) is 49.8 Å². The molecular weight excluding hydrogens is 260 g/mol. The molecule has 0 amide bonds. The van der Waals surface area contributed by atoms with Gasteiger partial charge in [0.05, 0.1) is 13.2 Å². The average molecular weight is 282 g/mol. The summed E-state index contributed by atoms with van der Waals surface area (Å²) in [5.41, 5.74) is 0. The molecule has 0 atom stereocenters. The lowest BCUT2D eigenvalue weighted by atomic mass is 10.3. The average Bonchev–Trinajstić information content (AvgIpc) is 2.43. The second-order valence-electron chi connectivity index (χ2n) is 4.20. The van der Waals surface area contributed by atoms with E-state index in [9.17, 15) is 4.79 Å². The van der Waals surface area contributed by atoms with E-state index in [0.29, 0.717) is 19.6 Å². The van der Waals surface area contributed by atoms with Crippen LogP contribution < -0.4 is 4.74 Å². The Bertz CT molecular complexity index is 362. The maximum atomic E-state index is 11.1. The van der Waals surface area contributed by atoms with Crippen LogP contribution in [0.4, 0.5) is 0 Å². The van der Waals surface area contributed by atoms with E-state index >= 15 is 0 Å². The number of benzene rings is 1. The third-order valence-corrected chi connectivity index (χ3v) is 3.33. The molecule has 0 spiro atoms. The zero-order chi connectivity index (χ0) is 13.9. The van der Waals surface area contributed by atoms with Crippen molar-refractivity contribution < 1.29 is 14.3 Å². The van der Waals surface area contributed by atoms with Crippen LogP contribution in [0.2, 0.25) is 0 Å². The predicted octanol–water partition coefficient (Wildman–Crippen LogP) is 3.91. The van der Waals surface area contributed by atoms with Gasteiger partial charge < -0.3 is 9.47 Å². The first-order valence-corrected chi connectivity index (χ1v) is 7.91. The van der Waals surface area contributed by atoms with Crippen LogP contribution in [0.5, 0.6) is 5.75 Å². The Morgan fingerprint density at radius 1 is 1.16 bits per heavy atom. The number of hydrogen-bond donors (Lipinski definition) is 0. The Morgan fingerprint density at radius 2 is 1.84 bits per heavy atom. The molecule has 0 N–H and O–H groups in total. The van der Waals surface area contributed by atoms with E-state index in [2.05, 4.69) is 6.26 Å². The van der Waals surface area contributed by atoms with E-state index < -0.39 is 0 Å². The van der Waals surface area contributed by atoms with E-state index in [-0.39, 0.29) is 5.97 Å². The fourth-order valence-corrected chi connectivity index (χ4v) is 1.94. The fraction of sp³-hybridized carbons (Fsp3) is 0.533. The van der Waals surface area contributed by atoms with Crippen molar-refractivity contribution in [2.24, 2.45) is 0 Å². The number of thioether (sulfide) groups is 1. The molecule has 1 aromatic rings. The summed E-state index contributed by atoms with van der Waals surface area (Å²) in [4.78, 5) is 12.3. The second-order valence-corrected chi connectivity index (χ2v) is 5.08. The van der Waals surface area contributed by atoms with Crippen molar-refractivity contribution in [2.45, 2.75) is 37.5 Å². The number of rotatable bonds is 9. The quantitative estimate of drug-likeness (QED) is 0.391. The highest BCUT2D eigenvalue weighted by Gasteiger charge is 2.00. The molecular formula is C15H22O3S. The Labute approximate surface area is 119 Å². The molecule has 19 heavy (non-hydrogen) atoms. The molecule has 1 aromatic carbocycles. The molecule has 0 aromatic heterocycles. The number of hydrogen-bond acceptors (Lipinski definition) is 4. The van der Waals surface area contributed by atoms with Crippen molar-refractivity contribution in [3.8, 4) is 5.75 Å². The minimum atomic E-state index is -0.101. The number of carbonyl (C=O) groups excluding carboxylic acids is 1. The molecule has 0 aliphatic heterocycles. The predicted molar refractivity (Wildman–Crippen MR) is 78.8 cm³/mol. The van der Waals surface area contributed by atoms with Crippen LogP contribution in [-0.2, 0) is 9.53 Å². The van der Waals surface area contributed by atoms with Crippen LogP contribution in [0, 0.1) is 0 Å². The third kappa shape index (κ3) is 7.11. The van der Waals surface area contributed by atoms with Crippen LogP contribution in [0.25, 0.3) is 0 Å². The number of carbonyl (C=O) groups is 1. The first-order chi connectivity index (χ1) is 9.26. The standard InChI is InChI=1S/C15H22O3S/c1-3-6-15(16)18-12-5-4-11-17-13-7-9-14(19-2)10-8-13/h7-10H,3-6,11-12H2,1-2H3. The topological polar surface area (TPSA) is 35.5 Å². The summed E-state index contributed by atoms with van der Waals surface area (Å²) >= 11 is 1.72. The van der Waals surface area contributed by atoms with E-state index in [1.165, 1.54) is 4.90 Å². The summed E-state index contributed by atoms with van der Waals surface area (Å²) < 4.78 is 10.7. The fourth-order valence-electron chi connectivity index (χ4n) is 1.53. The SMILES string of the molecule is CCCC(=O)OCCCCOc1ccc(SC)cc1. The molecule has 106 valence electrons. The first kappa shape index (κ1) is 15.9. The molecule has 1 rings (SSSR count). The van der Waals surface area contributed by atoms with Crippen LogP contribution in [-0.4, -0.2) is 25.4 Å². The molecule has 0 fully saturated rings. The lowest BCUT2D eigenvalue weighted by molar-refractivity contribution is -0.143. The highest BCUT2D eigenvalue weighted by molar-refractivity contribution is 7.98. The van der Waals surface area contributed by atoms with Crippen molar-refractivity contribution in [2.75, 3.05) is 19.5 Å². The number of esters is 1. The van der Waals surface area contributed by atoms with Gasteiger partial charge in [0.1, 0.15) is 5.75 Å². The summed E-state index contributed by atoms with van der Waals surface area (Å²) in [6.07, 6.45) is 5.14. The molecule has 4 heteroatoms. The highest BCUT2D eigenvalue weighted by atomic mass is 32.2. The van der Waals surface area contributed by atoms with Gasteiger partial charge in [-0.15, -0.1) is 11.8 Å². The Kier molecular flexibility index (Phi) is 8.14. The minimum absolute atomic E-state index is 0.101. The smallest absolute Gasteiger partial charge is 0.305 e. The molecule has 0 aliphatic rings. The molecule has 3 nitrogen and oxygen atoms in total. The molecule has 0 aliphatic carbocycles. The largest absolute Gasteiger partial charge is 0.494 e. The highest BCUT2D eigenvalue weighted by Crippen LogP contribution is 2.19. The minimum Gasteiger partial charge on any atom is -0.494 e. The molecule has 0 radical (unpaired) electrons. The van der Waals surface area contributed by atoms with E-state index in [1.54, 1.807) is 11.8 Å². The van der Waals surface area contributed by atoms with Gasteiger partial charge in [0, 0.05) is 11.3 Å². The van der Waals surface area contributed by atoms with E-state index in [0.717, 1.165) is 25.0 Å². The lowest BCUT2D eigenvalue weighted by Gasteiger charge is -2.07. The van der Waals surface area contributed by atoms with Crippen molar-refractivity contribution >= 4 is 17.7 Å². The first-order valence-electron chi connectivity index (χ1n) is 6.68. The Balaban J connectivity index is 2.05. The van der Waals surface area contributed by atoms with E-state index in [1.807, 2.05) is 31.2 Å². The van der Waals surface area contributed by atoms with Crippen LogP contribution in [0.1, 0.15) is 32.6 Å². The summed E-state index contributed by atoms with van der Waals surface area (Å²) in [6.45, 7) is 3.12. The van der Waals surface area contributed by atoms with E-state index in [4.69, 9.17) is 9.47 Å². The van der Waals surface area contributed by atoms with Gasteiger partial charge in [-0.25, -0.2) is 0 Å². The van der Waals surface area contributed by atoms with Crippen LogP contribution in [0.15, 0.2) is 29.2 Å². The van der Waals surface area contributed by atoms with Crippen molar-refractivity contribution in [1.29, 1.82) is 0 Å². The summed E-state index contributed by atoms with van der Waals surface area (Å²) in [5, 5.41) is 0. The summed E-state index contributed by atoms with van der Waals surface area (Å²) in [6, 6.07) is 8.05. The monoisotopic (exact) mass is 282 g/mol. The lowest BCUT2D eigenvalue weighted by Crippen LogP contribution is -2.06. The molecule has 0 saturated carbocycles. The normalized spacial score (nSPS) is 10.2. The zero-order valence-electron chi connectivity index (χ0n) is 11.7. The summed E-state index contributed by atoms with van der Waals surface area (Å²) in [5.74, 6) is 0.789. The van der Waals surface area contributed by atoms with Crippen LogP contribution >= 0.6 is 11.8 Å².